The Morgan fingerprint density at radius 1 is 0.766 bits per heavy atom. The molecule has 1 amide bonds. The third-order valence-corrected chi connectivity index (χ3v) is 9.08. The molecular formula is C35H66Cl3NO8. The number of carbonyl (C=O) groups excluding carboxylic acids is 1. The van der Waals surface area contributed by atoms with E-state index in [1.807, 2.05) is 0 Å². The highest BCUT2D eigenvalue weighted by Crippen LogP contribution is 2.27. The van der Waals surface area contributed by atoms with Crippen molar-refractivity contribution in [1.29, 1.82) is 0 Å². The van der Waals surface area contributed by atoms with E-state index in [2.05, 4.69) is 19.2 Å². The fourth-order valence-electron chi connectivity index (χ4n) is 5.93. The Balaban J connectivity index is 2.60. The number of halogens is 3. The fraction of sp³-hybridized carbons (Fsp3) is 0.971. The number of rotatable bonds is 29. The third kappa shape index (κ3) is 23.1. The van der Waals surface area contributed by atoms with Crippen molar-refractivity contribution >= 4 is 40.9 Å². The van der Waals surface area contributed by atoms with Gasteiger partial charge in [0.05, 0.1) is 12.7 Å². The van der Waals surface area contributed by atoms with Gasteiger partial charge in [0.1, 0.15) is 31.0 Å². The molecule has 4 N–H and O–H groups in total. The second-order valence-corrected chi connectivity index (χ2v) is 15.5. The lowest BCUT2D eigenvalue weighted by Crippen LogP contribution is -2.65. The van der Waals surface area contributed by atoms with E-state index in [0.717, 1.165) is 32.1 Å². The molecule has 280 valence electrons. The lowest BCUT2D eigenvalue weighted by molar-refractivity contribution is -0.262. The number of hydrogen-bond acceptors (Lipinski definition) is 8. The molecule has 0 spiro atoms. The van der Waals surface area contributed by atoms with Crippen LogP contribution in [-0.2, 0) is 18.9 Å². The molecule has 0 bridgehead atoms. The summed E-state index contributed by atoms with van der Waals surface area (Å²) >= 11 is 17.0. The first-order chi connectivity index (χ1) is 22.6. The molecule has 0 radical (unpaired) electrons. The van der Waals surface area contributed by atoms with Gasteiger partial charge in [-0.05, 0) is 19.3 Å². The van der Waals surface area contributed by atoms with Gasteiger partial charge in [-0.3, -0.25) is 0 Å². The Morgan fingerprint density at radius 3 is 1.79 bits per heavy atom. The first-order valence-electron chi connectivity index (χ1n) is 18.5. The molecule has 9 nitrogen and oxygen atoms in total. The minimum atomic E-state index is -1.81. The van der Waals surface area contributed by atoms with Crippen LogP contribution >= 0.6 is 34.8 Å². The second kappa shape index (κ2) is 28.6. The summed E-state index contributed by atoms with van der Waals surface area (Å²) in [5, 5.41) is 33.5. The normalized spacial score (nSPS) is 22.3. The summed E-state index contributed by atoms with van der Waals surface area (Å²) in [7, 11) is 0. The largest absolute Gasteiger partial charge is 0.445 e. The molecule has 1 saturated heterocycles. The molecule has 0 aromatic carbocycles. The maximum Gasteiger partial charge on any atom is 0.407 e. The van der Waals surface area contributed by atoms with Gasteiger partial charge in [-0.1, -0.05) is 164 Å². The van der Waals surface area contributed by atoms with Gasteiger partial charge in [0.2, 0.25) is 3.79 Å². The lowest BCUT2D eigenvalue weighted by atomic mass is 9.96. The molecular weight excluding hydrogens is 669 g/mol. The van der Waals surface area contributed by atoms with E-state index >= 15 is 0 Å². The topological polar surface area (TPSA) is 127 Å². The van der Waals surface area contributed by atoms with Crippen LogP contribution in [0.3, 0.4) is 0 Å². The summed E-state index contributed by atoms with van der Waals surface area (Å²) in [6.07, 6.45) is 19.4. The van der Waals surface area contributed by atoms with Crippen LogP contribution in [0.25, 0.3) is 0 Å². The zero-order chi connectivity index (χ0) is 34.8. The van der Waals surface area contributed by atoms with Gasteiger partial charge < -0.3 is 39.6 Å². The number of unbranched alkanes of at least 4 members (excludes halogenated alkanes) is 17. The summed E-state index contributed by atoms with van der Waals surface area (Å²) in [5.74, 6) is 0. The smallest absolute Gasteiger partial charge is 0.407 e. The van der Waals surface area contributed by atoms with Gasteiger partial charge in [0.15, 0.2) is 6.29 Å². The number of alkyl halides is 3. The van der Waals surface area contributed by atoms with Crippen molar-refractivity contribution in [1.82, 2.24) is 5.32 Å². The van der Waals surface area contributed by atoms with Gasteiger partial charge in [-0.2, -0.15) is 0 Å². The molecule has 0 unspecified atom stereocenters. The van der Waals surface area contributed by atoms with E-state index in [4.69, 9.17) is 53.8 Å². The molecule has 1 fully saturated rings. The summed E-state index contributed by atoms with van der Waals surface area (Å²) in [4.78, 5) is 12.3. The van der Waals surface area contributed by atoms with Gasteiger partial charge in [-0.25, -0.2) is 4.79 Å². The molecule has 47 heavy (non-hydrogen) atoms. The predicted molar refractivity (Wildman–Crippen MR) is 190 cm³/mol. The van der Waals surface area contributed by atoms with Gasteiger partial charge in [-0.15, -0.1) is 0 Å². The van der Waals surface area contributed by atoms with Crippen LogP contribution in [0.15, 0.2) is 0 Å². The maximum absolute atomic E-state index is 12.3. The molecule has 0 aliphatic carbocycles. The van der Waals surface area contributed by atoms with Crippen molar-refractivity contribution in [2.45, 2.75) is 189 Å². The molecule has 1 aliphatic heterocycles. The highest BCUT2D eigenvalue weighted by atomic mass is 35.6. The van der Waals surface area contributed by atoms with Crippen molar-refractivity contribution in [3.05, 3.63) is 0 Å². The monoisotopic (exact) mass is 733 g/mol. The molecule has 0 aromatic heterocycles. The van der Waals surface area contributed by atoms with Gasteiger partial charge in [0.25, 0.3) is 0 Å². The summed E-state index contributed by atoms with van der Waals surface area (Å²) in [6, 6.07) is -1.18. The van der Waals surface area contributed by atoms with E-state index in [1.54, 1.807) is 0 Å². The molecule has 1 aliphatic rings. The Kier molecular flexibility index (Phi) is 27.3. The van der Waals surface area contributed by atoms with E-state index < -0.39 is 53.7 Å². The van der Waals surface area contributed by atoms with Crippen LogP contribution in [0.1, 0.15) is 149 Å². The van der Waals surface area contributed by atoms with Crippen LogP contribution in [0.2, 0.25) is 0 Å². The first kappa shape index (κ1) is 44.9. The number of alkyl carbamates (subject to hydrolysis) is 1. The zero-order valence-electron chi connectivity index (χ0n) is 29.2. The van der Waals surface area contributed by atoms with Crippen molar-refractivity contribution in [2.75, 3.05) is 26.4 Å². The van der Waals surface area contributed by atoms with Crippen LogP contribution in [0.5, 0.6) is 0 Å². The SMILES string of the molecule is CCCCCCCCCCCCO[C@H](CCCCCCCCCCC)CCO[C@H]1[C@H](O)[C@@H](CO)O[C@H](O)[C@@H]1NC(=O)OCC(Cl)(Cl)Cl. The minimum absolute atomic E-state index is 0.00525. The van der Waals surface area contributed by atoms with Crippen LogP contribution < -0.4 is 5.32 Å². The third-order valence-electron chi connectivity index (χ3n) is 8.76. The van der Waals surface area contributed by atoms with Crippen molar-refractivity contribution < 1.29 is 39.1 Å². The highest BCUT2D eigenvalue weighted by Gasteiger charge is 2.46. The molecule has 1 heterocycles. The van der Waals surface area contributed by atoms with E-state index in [1.165, 1.54) is 96.3 Å². The number of ether oxygens (including phenoxy) is 4. The Bertz CT molecular complexity index is 748. The molecule has 12 heteroatoms. The zero-order valence-corrected chi connectivity index (χ0v) is 31.4. The molecule has 1 rings (SSSR count). The fourth-order valence-corrected chi connectivity index (χ4v) is 6.09. The first-order valence-corrected chi connectivity index (χ1v) is 19.6. The number of carbonyl (C=O) groups is 1. The van der Waals surface area contributed by atoms with Crippen LogP contribution in [0, 0.1) is 0 Å². The number of aliphatic hydroxyl groups excluding tert-OH is 3. The van der Waals surface area contributed by atoms with Crippen LogP contribution in [0.4, 0.5) is 4.79 Å². The van der Waals surface area contributed by atoms with E-state index in [9.17, 15) is 20.1 Å². The number of aliphatic hydroxyl groups is 3. The second-order valence-electron chi connectivity index (χ2n) is 13.0. The summed E-state index contributed by atoms with van der Waals surface area (Å²) < 4.78 is 20.8. The van der Waals surface area contributed by atoms with E-state index in [0.29, 0.717) is 13.0 Å². The summed E-state index contributed by atoms with van der Waals surface area (Å²) in [5.41, 5.74) is 0. The number of nitrogens with one attached hydrogen (secondary N) is 1. The van der Waals surface area contributed by atoms with E-state index in [-0.39, 0.29) is 12.7 Å². The number of amides is 1. The van der Waals surface area contributed by atoms with Crippen LogP contribution in [-0.4, -0.2) is 88.4 Å². The standard InChI is InChI=1S/C35H66Cl3NO8/c1-3-5-7-9-11-13-15-17-19-21-24-44-28(22-20-18-16-14-12-10-8-6-4-2)23-25-45-32-30(33(42)47-29(26-40)31(32)41)39-34(43)46-27-35(36,37)38/h28-33,40-42H,3-27H2,1-2H3,(H,39,43)/t28-,29-,30-,31-,32-,33+/m1/s1. The number of hydrogen-bond donors (Lipinski definition) is 4. The van der Waals surface area contributed by atoms with Gasteiger partial charge in [0, 0.05) is 13.2 Å². The van der Waals surface area contributed by atoms with Crippen molar-refractivity contribution in [3.8, 4) is 0 Å². The molecule has 0 aromatic rings. The predicted octanol–water partition coefficient (Wildman–Crippen LogP) is 8.52. The Hall–Kier alpha value is -0.100. The quantitative estimate of drug-likeness (QED) is 0.0445. The Morgan fingerprint density at radius 2 is 1.28 bits per heavy atom. The van der Waals surface area contributed by atoms with Crippen molar-refractivity contribution in [2.24, 2.45) is 0 Å². The average molecular weight is 735 g/mol. The minimum Gasteiger partial charge on any atom is -0.445 e. The van der Waals surface area contributed by atoms with Gasteiger partial charge >= 0.3 is 6.09 Å². The molecule has 0 saturated carbocycles. The van der Waals surface area contributed by atoms with Crippen molar-refractivity contribution in [3.63, 3.8) is 0 Å². The maximum atomic E-state index is 12.3. The summed E-state index contributed by atoms with van der Waals surface area (Å²) in [6.45, 7) is 4.35. The molecule has 6 atom stereocenters. The Labute approximate surface area is 300 Å². The average Bonchev–Trinajstić information content (AvgIpc) is 3.03. The lowest BCUT2D eigenvalue weighted by Gasteiger charge is -2.42. The highest BCUT2D eigenvalue weighted by molar-refractivity contribution is 6.67.